The first kappa shape index (κ1) is 9.22. The van der Waals surface area contributed by atoms with Gasteiger partial charge in [0.15, 0.2) is 0 Å². The quantitative estimate of drug-likeness (QED) is 0.845. The van der Waals surface area contributed by atoms with E-state index in [-0.39, 0.29) is 0 Å². The Kier molecular flexibility index (Phi) is 2.70. The van der Waals surface area contributed by atoms with Gasteiger partial charge in [-0.05, 0) is 48.9 Å². The molecule has 0 aliphatic heterocycles. The maximum atomic E-state index is 5.69. The fourth-order valence-electron chi connectivity index (χ4n) is 2.03. The van der Waals surface area contributed by atoms with Crippen molar-refractivity contribution in [1.82, 2.24) is 0 Å². The molecular formula is C11H14BrN. The predicted molar refractivity (Wildman–Crippen MR) is 58.7 cm³/mol. The van der Waals surface area contributed by atoms with Crippen molar-refractivity contribution in [3.63, 3.8) is 0 Å². The van der Waals surface area contributed by atoms with Crippen molar-refractivity contribution in [1.29, 1.82) is 0 Å². The van der Waals surface area contributed by atoms with E-state index in [0.29, 0.717) is 11.8 Å². The Morgan fingerprint density at radius 2 is 2.23 bits per heavy atom. The highest BCUT2D eigenvalue weighted by Crippen LogP contribution is 2.42. The molecule has 2 N–H and O–H groups in total. The normalized spacial score (nSPS) is 26.9. The van der Waals surface area contributed by atoms with Gasteiger partial charge in [-0.2, -0.15) is 0 Å². The van der Waals surface area contributed by atoms with Crippen molar-refractivity contribution in [2.24, 2.45) is 11.7 Å². The fourth-order valence-corrected chi connectivity index (χ4v) is 2.44. The third kappa shape index (κ3) is 1.79. The second-order valence-electron chi connectivity index (χ2n) is 3.73. The molecule has 2 atom stereocenters. The molecular weight excluding hydrogens is 226 g/mol. The lowest BCUT2D eigenvalue weighted by Gasteiger charge is -2.36. The van der Waals surface area contributed by atoms with Crippen molar-refractivity contribution in [2.75, 3.05) is 6.54 Å². The van der Waals surface area contributed by atoms with Crippen molar-refractivity contribution >= 4 is 15.9 Å². The van der Waals surface area contributed by atoms with Crippen LogP contribution in [0.3, 0.4) is 0 Å². The van der Waals surface area contributed by atoms with Crippen molar-refractivity contribution in [3.05, 3.63) is 34.3 Å². The molecule has 0 amide bonds. The molecule has 0 heterocycles. The lowest BCUT2D eigenvalue weighted by Crippen LogP contribution is -2.30. The number of hydrogen-bond acceptors (Lipinski definition) is 1. The molecule has 1 aliphatic carbocycles. The molecule has 1 aliphatic rings. The molecule has 1 aromatic rings. The summed E-state index contributed by atoms with van der Waals surface area (Å²) in [5.74, 6) is 1.43. The fraction of sp³-hybridized carbons (Fsp3) is 0.455. The van der Waals surface area contributed by atoms with Crippen LogP contribution in [0.2, 0.25) is 0 Å². The Hall–Kier alpha value is -0.340. The van der Waals surface area contributed by atoms with Crippen LogP contribution in [0, 0.1) is 5.92 Å². The van der Waals surface area contributed by atoms with Gasteiger partial charge in [-0.25, -0.2) is 0 Å². The summed E-state index contributed by atoms with van der Waals surface area (Å²) in [6, 6.07) is 8.59. The molecule has 1 aromatic carbocycles. The SMILES string of the molecule is NCC1CCC1c1cccc(Br)c1. The third-order valence-electron chi connectivity index (χ3n) is 3.00. The van der Waals surface area contributed by atoms with Gasteiger partial charge < -0.3 is 5.73 Å². The average molecular weight is 240 g/mol. The van der Waals surface area contributed by atoms with Crippen LogP contribution >= 0.6 is 15.9 Å². The lowest BCUT2D eigenvalue weighted by atomic mass is 9.70. The zero-order valence-corrected chi connectivity index (χ0v) is 9.13. The molecule has 0 saturated heterocycles. The van der Waals surface area contributed by atoms with Crippen LogP contribution in [-0.4, -0.2) is 6.54 Å². The second-order valence-corrected chi connectivity index (χ2v) is 4.65. The van der Waals surface area contributed by atoms with Crippen LogP contribution < -0.4 is 5.73 Å². The summed E-state index contributed by atoms with van der Waals surface area (Å²) in [6.07, 6.45) is 2.60. The van der Waals surface area contributed by atoms with E-state index in [1.54, 1.807) is 0 Å². The molecule has 0 spiro atoms. The minimum absolute atomic E-state index is 0.711. The Bertz CT molecular complexity index is 296. The van der Waals surface area contributed by atoms with E-state index < -0.39 is 0 Å². The monoisotopic (exact) mass is 239 g/mol. The van der Waals surface area contributed by atoms with Crippen molar-refractivity contribution in [3.8, 4) is 0 Å². The molecule has 2 rings (SSSR count). The molecule has 0 bridgehead atoms. The first-order valence-corrected chi connectivity index (χ1v) is 5.56. The number of benzene rings is 1. The van der Waals surface area contributed by atoms with Gasteiger partial charge in [0.25, 0.3) is 0 Å². The van der Waals surface area contributed by atoms with E-state index in [4.69, 9.17) is 5.73 Å². The Balaban J connectivity index is 2.16. The topological polar surface area (TPSA) is 26.0 Å². The van der Waals surface area contributed by atoms with E-state index in [2.05, 4.69) is 40.2 Å². The van der Waals surface area contributed by atoms with Crippen LogP contribution in [0.4, 0.5) is 0 Å². The zero-order valence-electron chi connectivity index (χ0n) is 7.54. The minimum atomic E-state index is 0.711. The van der Waals surface area contributed by atoms with Crippen LogP contribution in [-0.2, 0) is 0 Å². The highest BCUT2D eigenvalue weighted by atomic mass is 79.9. The molecule has 70 valence electrons. The Morgan fingerprint density at radius 1 is 1.38 bits per heavy atom. The summed E-state index contributed by atoms with van der Waals surface area (Å²) in [7, 11) is 0. The third-order valence-corrected chi connectivity index (χ3v) is 3.49. The van der Waals surface area contributed by atoms with Crippen molar-refractivity contribution < 1.29 is 0 Å². The number of halogens is 1. The van der Waals surface area contributed by atoms with Crippen LogP contribution in [0.5, 0.6) is 0 Å². The van der Waals surface area contributed by atoms with E-state index in [1.807, 2.05) is 0 Å². The van der Waals surface area contributed by atoms with E-state index >= 15 is 0 Å². The van der Waals surface area contributed by atoms with Gasteiger partial charge in [0.1, 0.15) is 0 Å². The minimum Gasteiger partial charge on any atom is -0.330 e. The van der Waals surface area contributed by atoms with Crippen LogP contribution in [0.15, 0.2) is 28.7 Å². The van der Waals surface area contributed by atoms with Gasteiger partial charge in [-0.15, -0.1) is 0 Å². The first-order chi connectivity index (χ1) is 6.31. The average Bonchev–Trinajstić information content (AvgIpc) is 2.03. The number of hydrogen-bond donors (Lipinski definition) is 1. The van der Waals surface area contributed by atoms with Gasteiger partial charge in [-0.3, -0.25) is 0 Å². The van der Waals surface area contributed by atoms with E-state index in [0.717, 1.165) is 6.54 Å². The van der Waals surface area contributed by atoms with E-state index in [9.17, 15) is 0 Å². The zero-order chi connectivity index (χ0) is 9.26. The highest BCUT2D eigenvalue weighted by molar-refractivity contribution is 9.10. The van der Waals surface area contributed by atoms with Gasteiger partial charge in [0, 0.05) is 4.47 Å². The van der Waals surface area contributed by atoms with Crippen LogP contribution in [0.1, 0.15) is 24.3 Å². The summed E-state index contributed by atoms with van der Waals surface area (Å²) in [5, 5.41) is 0. The smallest absolute Gasteiger partial charge is 0.0178 e. The summed E-state index contributed by atoms with van der Waals surface area (Å²) < 4.78 is 1.17. The molecule has 1 fully saturated rings. The summed E-state index contributed by atoms with van der Waals surface area (Å²) in [5.41, 5.74) is 7.13. The summed E-state index contributed by atoms with van der Waals surface area (Å²) in [4.78, 5) is 0. The van der Waals surface area contributed by atoms with Gasteiger partial charge in [0.05, 0.1) is 0 Å². The molecule has 1 nitrogen and oxygen atoms in total. The van der Waals surface area contributed by atoms with Gasteiger partial charge >= 0.3 is 0 Å². The Labute approximate surface area is 87.5 Å². The number of nitrogens with two attached hydrogens (primary N) is 1. The molecule has 2 heteroatoms. The van der Waals surface area contributed by atoms with Crippen molar-refractivity contribution in [2.45, 2.75) is 18.8 Å². The first-order valence-electron chi connectivity index (χ1n) is 4.77. The standard InChI is InChI=1S/C11H14BrN/c12-10-3-1-2-8(6-10)11-5-4-9(11)7-13/h1-3,6,9,11H,4-5,7,13H2. The highest BCUT2D eigenvalue weighted by Gasteiger charge is 2.30. The van der Waals surface area contributed by atoms with Gasteiger partial charge in [0.2, 0.25) is 0 Å². The second kappa shape index (κ2) is 3.81. The lowest BCUT2D eigenvalue weighted by molar-refractivity contribution is 0.263. The molecule has 1 saturated carbocycles. The summed E-state index contributed by atoms with van der Waals surface area (Å²) in [6.45, 7) is 0.831. The maximum absolute atomic E-state index is 5.69. The molecule has 0 aromatic heterocycles. The molecule has 0 radical (unpaired) electrons. The Morgan fingerprint density at radius 3 is 2.77 bits per heavy atom. The van der Waals surface area contributed by atoms with E-state index in [1.165, 1.54) is 22.9 Å². The largest absolute Gasteiger partial charge is 0.330 e. The van der Waals surface area contributed by atoms with Gasteiger partial charge in [-0.1, -0.05) is 28.1 Å². The predicted octanol–water partition coefficient (Wildman–Crippen LogP) is 2.90. The number of rotatable bonds is 2. The summed E-state index contributed by atoms with van der Waals surface area (Å²) >= 11 is 3.49. The molecule has 13 heavy (non-hydrogen) atoms. The molecule has 2 unspecified atom stereocenters. The maximum Gasteiger partial charge on any atom is 0.0178 e. The van der Waals surface area contributed by atoms with Crippen LogP contribution in [0.25, 0.3) is 0 Å².